The summed E-state index contributed by atoms with van der Waals surface area (Å²) in [6.07, 6.45) is 1.53. The van der Waals surface area contributed by atoms with E-state index in [1.807, 2.05) is 38.1 Å². The Morgan fingerprint density at radius 2 is 1.76 bits per heavy atom. The molecule has 2 aliphatic rings. The Kier molecular flexibility index (Phi) is 3.94. The molecule has 1 aromatic heterocycles. The van der Waals surface area contributed by atoms with Crippen LogP contribution in [0.4, 0.5) is 5.95 Å². The fraction of sp³-hybridized carbons (Fsp3) is 0.450. The normalized spacial score (nSPS) is 23.9. The van der Waals surface area contributed by atoms with Crippen molar-refractivity contribution in [1.82, 2.24) is 14.9 Å². The maximum Gasteiger partial charge on any atom is 0.226 e. The molecule has 0 bridgehead atoms. The van der Waals surface area contributed by atoms with Crippen LogP contribution in [0.15, 0.2) is 36.4 Å². The molecule has 1 aromatic carbocycles. The van der Waals surface area contributed by atoms with Gasteiger partial charge >= 0.3 is 0 Å². The van der Waals surface area contributed by atoms with Crippen molar-refractivity contribution in [1.29, 1.82) is 0 Å². The lowest BCUT2D eigenvalue weighted by Crippen LogP contribution is -2.39. The lowest BCUT2D eigenvalue weighted by atomic mass is 10.0. The molecule has 3 heterocycles. The predicted octanol–water partition coefficient (Wildman–Crippen LogP) is 3.03. The van der Waals surface area contributed by atoms with Crippen molar-refractivity contribution in [2.24, 2.45) is 0 Å². The number of benzene rings is 1. The van der Waals surface area contributed by atoms with Crippen molar-refractivity contribution in [3.8, 4) is 0 Å². The average molecular weight is 336 g/mol. The number of rotatable bonds is 3. The quantitative estimate of drug-likeness (QED) is 0.864. The summed E-state index contributed by atoms with van der Waals surface area (Å²) in [5.74, 6) is 1.01. The van der Waals surface area contributed by atoms with Gasteiger partial charge in [0.2, 0.25) is 11.9 Å². The topological polar surface area (TPSA) is 49.3 Å². The third-order valence-corrected chi connectivity index (χ3v) is 5.47. The highest BCUT2D eigenvalue weighted by atomic mass is 16.2. The van der Waals surface area contributed by atoms with Gasteiger partial charge in [0, 0.05) is 24.4 Å². The summed E-state index contributed by atoms with van der Waals surface area (Å²) in [5, 5.41) is 0. The Morgan fingerprint density at radius 1 is 1.08 bits per heavy atom. The van der Waals surface area contributed by atoms with Crippen molar-refractivity contribution < 1.29 is 4.79 Å². The van der Waals surface area contributed by atoms with E-state index in [4.69, 9.17) is 0 Å². The zero-order valence-corrected chi connectivity index (χ0v) is 15.0. The smallest absolute Gasteiger partial charge is 0.226 e. The predicted molar refractivity (Wildman–Crippen MR) is 97.4 cm³/mol. The van der Waals surface area contributed by atoms with E-state index in [1.54, 1.807) is 0 Å². The van der Waals surface area contributed by atoms with E-state index in [9.17, 15) is 4.79 Å². The Bertz CT molecular complexity index is 771. The van der Waals surface area contributed by atoms with E-state index >= 15 is 0 Å². The highest BCUT2D eigenvalue weighted by Crippen LogP contribution is 2.39. The number of carbonyl (C=O) groups excluding carboxylic acids is 1. The fourth-order valence-electron chi connectivity index (χ4n) is 4.36. The number of nitrogens with zero attached hydrogens (tertiary/aromatic N) is 4. The van der Waals surface area contributed by atoms with Crippen LogP contribution in [0.1, 0.15) is 42.8 Å². The summed E-state index contributed by atoms with van der Waals surface area (Å²) in [7, 11) is 0. The molecule has 5 nitrogen and oxygen atoms in total. The molecule has 0 aliphatic carbocycles. The molecule has 0 saturated carbocycles. The summed E-state index contributed by atoms with van der Waals surface area (Å²) in [4.78, 5) is 26.3. The molecule has 2 aromatic rings. The van der Waals surface area contributed by atoms with E-state index in [2.05, 4.69) is 38.8 Å². The van der Waals surface area contributed by atoms with Gasteiger partial charge in [0.15, 0.2) is 0 Å². The van der Waals surface area contributed by atoms with Gasteiger partial charge in [-0.25, -0.2) is 9.97 Å². The number of anilines is 1. The molecule has 2 saturated heterocycles. The van der Waals surface area contributed by atoms with Crippen molar-refractivity contribution >= 4 is 11.9 Å². The van der Waals surface area contributed by atoms with E-state index in [0.29, 0.717) is 6.42 Å². The minimum absolute atomic E-state index is 0.101. The molecule has 130 valence electrons. The molecule has 1 amide bonds. The third kappa shape index (κ3) is 2.77. The van der Waals surface area contributed by atoms with Crippen LogP contribution in [0.2, 0.25) is 0 Å². The van der Waals surface area contributed by atoms with Gasteiger partial charge in [-0.3, -0.25) is 4.79 Å². The summed E-state index contributed by atoms with van der Waals surface area (Å²) in [5.41, 5.74) is 3.15. The first kappa shape index (κ1) is 16.1. The fourth-order valence-corrected chi connectivity index (χ4v) is 4.36. The van der Waals surface area contributed by atoms with Crippen LogP contribution in [-0.4, -0.2) is 39.4 Å². The Hall–Kier alpha value is -2.43. The molecule has 2 aliphatic heterocycles. The van der Waals surface area contributed by atoms with Crippen molar-refractivity contribution in [3.05, 3.63) is 53.3 Å². The molecule has 2 fully saturated rings. The monoisotopic (exact) mass is 336 g/mol. The molecule has 0 radical (unpaired) electrons. The van der Waals surface area contributed by atoms with Crippen LogP contribution in [0.3, 0.4) is 0 Å². The summed E-state index contributed by atoms with van der Waals surface area (Å²) in [6, 6.07) is 12.8. The van der Waals surface area contributed by atoms with Gasteiger partial charge in [-0.2, -0.15) is 0 Å². The van der Waals surface area contributed by atoms with Gasteiger partial charge in [0.1, 0.15) is 0 Å². The number of aryl methyl sites for hydroxylation is 2. The van der Waals surface area contributed by atoms with Crippen LogP contribution >= 0.6 is 0 Å². The Morgan fingerprint density at radius 3 is 2.44 bits per heavy atom. The SMILES string of the molecule is Cc1cc(C)nc(N2CC[C@H]3[C@@H]2CC(=O)N3C(C)c2ccccc2)n1. The number of hydrogen-bond donors (Lipinski definition) is 0. The zero-order valence-electron chi connectivity index (χ0n) is 15.0. The third-order valence-electron chi connectivity index (χ3n) is 5.47. The van der Waals surface area contributed by atoms with E-state index in [1.165, 1.54) is 5.56 Å². The van der Waals surface area contributed by atoms with E-state index in [0.717, 1.165) is 30.3 Å². The van der Waals surface area contributed by atoms with Gasteiger partial charge in [0.25, 0.3) is 0 Å². The van der Waals surface area contributed by atoms with Gasteiger partial charge < -0.3 is 9.80 Å². The molecule has 0 spiro atoms. The minimum Gasteiger partial charge on any atom is -0.335 e. The molecular formula is C20H24N4O. The number of fused-ring (bicyclic) bond motifs is 1. The second-order valence-corrected chi connectivity index (χ2v) is 7.16. The number of hydrogen-bond acceptors (Lipinski definition) is 4. The number of amides is 1. The minimum atomic E-state index is 0.101. The summed E-state index contributed by atoms with van der Waals surface area (Å²) >= 11 is 0. The van der Waals surface area contributed by atoms with E-state index < -0.39 is 0 Å². The first-order valence-corrected chi connectivity index (χ1v) is 8.99. The molecule has 25 heavy (non-hydrogen) atoms. The van der Waals surface area contributed by atoms with Gasteiger partial charge in [0.05, 0.1) is 18.1 Å². The largest absolute Gasteiger partial charge is 0.335 e. The lowest BCUT2D eigenvalue weighted by molar-refractivity contribution is -0.131. The molecule has 3 atom stereocenters. The van der Waals surface area contributed by atoms with Crippen LogP contribution in [0, 0.1) is 13.8 Å². The van der Waals surface area contributed by atoms with Crippen LogP contribution in [-0.2, 0) is 4.79 Å². The lowest BCUT2D eigenvalue weighted by Gasteiger charge is -2.31. The highest BCUT2D eigenvalue weighted by Gasteiger charge is 2.49. The molecule has 0 N–H and O–H groups in total. The van der Waals surface area contributed by atoms with E-state index in [-0.39, 0.29) is 24.0 Å². The standard InChI is InChI=1S/C20H24N4O/c1-13-11-14(2)22-20(21-13)23-10-9-17-18(23)12-19(25)24(17)15(3)16-7-5-4-6-8-16/h4-8,11,15,17-18H,9-10,12H2,1-3H3/t15?,17-,18-/m0/s1. The average Bonchev–Trinajstić information content (AvgIpc) is 3.12. The van der Waals surface area contributed by atoms with Crippen molar-refractivity contribution in [3.63, 3.8) is 0 Å². The first-order chi connectivity index (χ1) is 12.0. The molecular weight excluding hydrogens is 312 g/mol. The maximum absolute atomic E-state index is 12.8. The van der Waals surface area contributed by atoms with Crippen molar-refractivity contribution in [2.75, 3.05) is 11.4 Å². The highest BCUT2D eigenvalue weighted by molar-refractivity contribution is 5.82. The second-order valence-electron chi connectivity index (χ2n) is 7.16. The van der Waals surface area contributed by atoms with Gasteiger partial charge in [-0.05, 0) is 38.8 Å². The van der Waals surface area contributed by atoms with Crippen LogP contribution in [0.25, 0.3) is 0 Å². The van der Waals surface area contributed by atoms with Crippen LogP contribution in [0.5, 0.6) is 0 Å². The molecule has 1 unspecified atom stereocenters. The summed E-state index contributed by atoms with van der Waals surface area (Å²) < 4.78 is 0. The molecule has 5 heteroatoms. The Labute approximate surface area is 148 Å². The van der Waals surface area contributed by atoms with Gasteiger partial charge in [-0.1, -0.05) is 30.3 Å². The zero-order chi connectivity index (χ0) is 17.6. The number of aromatic nitrogens is 2. The first-order valence-electron chi connectivity index (χ1n) is 8.99. The number of likely N-dealkylation sites (tertiary alicyclic amines) is 1. The van der Waals surface area contributed by atoms with Crippen LogP contribution < -0.4 is 4.90 Å². The van der Waals surface area contributed by atoms with Crippen molar-refractivity contribution in [2.45, 2.75) is 51.7 Å². The summed E-state index contributed by atoms with van der Waals surface area (Å²) in [6.45, 7) is 7.03. The maximum atomic E-state index is 12.8. The van der Waals surface area contributed by atoms with Gasteiger partial charge in [-0.15, -0.1) is 0 Å². The Balaban J connectivity index is 1.61. The molecule has 4 rings (SSSR count). The number of carbonyl (C=O) groups is 1. The second kappa shape index (κ2) is 6.14.